The lowest BCUT2D eigenvalue weighted by molar-refractivity contribution is -0.143. The maximum absolute atomic E-state index is 14.4. The molecule has 2 rings (SSSR count). The van der Waals surface area contributed by atoms with Gasteiger partial charge in [0.2, 0.25) is 5.91 Å². The van der Waals surface area contributed by atoms with Crippen molar-refractivity contribution in [2.75, 3.05) is 17.3 Å². The van der Waals surface area contributed by atoms with E-state index in [0.717, 1.165) is 22.3 Å². The van der Waals surface area contributed by atoms with Gasteiger partial charge in [0.1, 0.15) is 17.7 Å². The molecule has 3 atom stereocenters. The van der Waals surface area contributed by atoms with E-state index in [1.165, 1.54) is 0 Å². The summed E-state index contributed by atoms with van der Waals surface area (Å²) in [6.45, 7) is 15.0. The first kappa shape index (κ1) is 33.5. The van der Waals surface area contributed by atoms with Crippen molar-refractivity contribution in [1.29, 1.82) is 0 Å². The summed E-state index contributed by atoms with van der Waals surface area (Å²) in [7, 11) is 0. The van der Waals surface area contributed by atoms with E-state index >= 15 is 0 Å². The summed E-state index contributed by atoms with van der Waals surface area (Å²) in [6, 6.07) is 9.01. The van der Waals surface area contributed by atoms with Gasteiger partial charge in [-0.2, -0.15) is 11.8 Å². The van der Waals surface area contributed by atoms with Gasteiger partial charge in [-0.25, -0.2) is 4.79 Å². The molecule has 7 nitrogen and oxygen atoms in total. The summed E-state index contributed by atoms with van der Waals surface area (Å²) in [5, 5.41) is 6.22. The average molecular weight is 590 g/mol. The predicted octanol–water partition coefficient (Wildman–Crippen LogP) is 7.22. The van der Waals surface area contributed by atoms with Crippen molar-refractivity contribution in [3.63, 3.8) is 0 Å². The number of ether oxygens (including phenoxy) is 1. The minimum absolute atomic E-state index is 0.312. The smallest absolute Gasteiger partial charge is 0.408 e. The second-order valence-corrected chi connectivity index (χ2v) is 12.5. The van der Waals surface area contributed by atoms with E-state index in [1.807, 2.05) is 71.2 Å². The molecular weight excluding hydrogens is 546 g/mol. The molecule has 2 aromatic rings. The second-order valence-electron chi connectivity index (χ2n) is 11.1. The van der Waals surface area contributed by atoms with Crippen LogP contribution in [0.15, 0.2) is 36.4 Å². The van der Waals surface area contributed by atoms with Crippen LogP contribution in [0.3, 0.4) is 0 Å². The molecule has 0 radical (unpaired) electrons. The fourth-order valence-corrected chi connectivity index (χ4v) is 5.13. The van der Waals surface area contributed by atoms with Crippen LogP contribution in [-0.2, 0) is 14.3 Å². The van der Waals surface area contributed by atoms with E-state index in [-0.39, 0.29) is 17.9 Å². The normalized spacial score (nSPS) is 13.7. The molecule has 0 spiro atoms. The van der Waals surface area contributed by atoms with Crippen LogP contribution in [0.25, 0.3) is 0 Å². The summed E-state index contributed by atoms with van der Waals surface area (Å²) >= 11 is 8.05. The summed E-state index contributed by atoms with van der Waals surface area (Å²) in [4.78, 5) is 43.0. The van der Waals surface area contributed by atoms with E-state index in [9.17, 15) is 14.4 Å². The Balaban J connectivity index is 2.65. The number of hydrogen-bond donors (Lipinski definition) is 2. The highest BCUT2D eigenvalue weighted by Crippen LogP contribution is 2.33. The van der Waals surface area contributed by atoms with E-state index < -0.39 is 23.8 Å². The molecule has 2 N–H and O–H groups in total. The third-order valence-corrected chi connectivity index (χ3v) is 7.82. The first-order valence-electron chi connectivity index (χ1n) is 13.6. The van der Waals surface area contributed by atoms with E-state index in [0.29, 0.717) is 29.3 Å². The standard InChI is InChI=1S/C31H44ClN3O4S/c1-10-21(4)35(29(37)25(17-18-40-9)33-30(38)39-31(6,7)8)27(23-15-11-13-19(2)22(23)5)28(36)34-26-20(3)14-12-16-24(26)32/h11-16,21,25,27H,10,17-18H2,1-9H3,(H,33,38)(H,34,36). The zero-order chi connectivity index (χ0) is 30.2. The molecule has 0 saturated carbocycles. The SMILES string of the molecule is CCC(C)N(C(=O)C(CCSC)NC(=O)OC(C)(C)C)C(C(=O)Nc1c(C)cccc1Cl)c1cccc(C)c1C. The number of carbonyl (C=O) groups excluding carboxylic acids is 3. The van der Waals surface area contributed by atoms with Gasteiger partial charge in [-0.05, 0) is 102 Å². The molecule has 0 heterocycles. The zero-order valence-corrected chi connectivity index (χ0v) is 26.8. The van der Waals surface area contributed by atoms with E-state index in [1.54, 1.807) is 43.5 Å². The largest absolute Gasteiger partial charge is 0.444 e. The van der Waals surface area contributed by atoms with Crippen molar-refractivity contribution in [3.05, 3.63) is 63.7 Å². The molecule has 9 heteroatoms. The first-order chi connectivity index (χ1) is 18.7. The minimum atomic E-state index is -0.963. The van der Waals surface area contributed by atoms with Gasteiger partial charge in [0.05, 0.1) is 10.7 Å². The summed E-state index contributed by atoms with van der Waals surface area (Å²) < 4.78 is 5.48. The van der Waals surface area contributed by atoms with E-state index in [2.05, 4.69) is 10.6 Å². The number of carbonyl (C=O) groups is 3. The van der Waals surface area contributed by atoms with Gasteiger partial charge in [0.25, 0.3) is 5.91 Å². The van der Waals surface area contributed by atoms with Gasteiger partial charge in [-0.15, -0.1) is 0 Å². The van der Waals surface area contributed by atoms with Crippen LogP contribution in [0, 0.1) is 20.8 Å². The Kier molecular flexibility index (Phi) is 12.4. The van der Waals surface area contributed by atoms with Gasteiger partial charge >= 0.3 is 6.09 Å². The number of nitrogens with one attached hydrogen (secondary N) is 2. The summed E-state index contributed by atoms with van der Waals surface area (Å²) in [6.07, 6.45) is 2.26. The number of nitrogens with zero attached hydrogens (tertiary/aromatic N) is 1. The van der Waals surface area contributed by atoms with Crippen molar-refractivity contribution < 1.29 is 19.1 Å². The Bertz CT molecular complexity index is 1180. The molecule has 2 aromatic carbocycles. The van der Waals surface area contributed by atoms with Crippen LogP contribution in [0.4, 0.5) is 10.5 Å². The number of benzene rings is 2. The number of halogens is 1. The highest BCUT2D eigenvalue weighted by Gasteiger charge is 2.39. The number of para-hydroxylation sites is 1. The highest BCUT2D eigenvalue weighted by molar-refractivity contribution is 7.98. The van der Waals surface area contributed by atoms with Gasteiger partial charge in [0, 0.05) is 6.04 Å². The molecule has 0 aliphatic carbocycles. The molecule has 3 unspecified atom stereocenters. The lowest BCUT2D eigenvalue weighted by Crippen LogP contribution is -2.55. The quantitative estimate of drug-likeness (QED) is 0.289. The fraction of sp³-hybridized carbons (Fsp3) is 0.516. The molecule has 220 valence electrons. The van der Waals surface area contributed by atoms with Crippen molar-refractivity contribution in [2.24, 2.45) is 0 Å². The van der Waals surface area contributed by atoms with Crippen molar-refractivity contribution in [2.45, 2.75) is 92.0 Å². The topological polar surface area (TPSA) is 87.7 Å². The van der Waals surface area contributed by atoms with Crippen LogP contribution in [-0.4, -0.2) is 52.5 Å². The summed E-state index contributed by atoms with van der Waals surface area (Å²) in [5.74, 6) is -0.0784. The number of thioether (sulfide) groups is 1. The molecule has 0 saturated heterocycles. The van der Waals surface area contributed by atoms with Crippen LogP contribution >= 0.6 is 23.4 Å². The van der Waals surface area contributed by atoms with Crippen LogP contribution in [0.2, 0.25) is 5.02 Å². The van der Waals surface area contributed by atoms with Crippen molar-refractivity contribution in [1.82, 2.24) is 10.2 Å². The van der Waals surface area contributed by atoms with Crippen molar-refractivity contribution >= 4 is 47.0 Å². The Morgan fingerprint density at radius 1 is 1.05 bits per heavy atom. The third kappa shape index (κ3) is 8.90. The molecule has 0 bridgehead atoms. The lowest BCUT2D eigenvalue weighted by atomic mass is 9.93. The summed E-state index contributed by atoms with van der Waals surface area (Å²) in [5.41, 5.74) is 3.24. The number of anilines is 1. The molecule has 0 aromatic heterocycles. The third-order valence-electron chi connectivity index (χ3n) is 6.86. The number of rotatable bonds is 11. The Labute approximate surface area is 248 Å². The number of alkyl carbamates (subject to hydrolysis) is 1. The first-order valence-corrected chi connectivity index (χ1v) is 15.4. The average Bonchev–Trinajstić information content (AvgIpc) is 2.87. The van der Waals surface area contributed by atoms with Gasteiger partial charge < -0.3 is 20.3 Å². The second kappa shape index (κ2) is 14.8. The monoisotopic (exact) mass is 589 g/mol. The van der Waals surface area contributed by atoms with E-state index in [4.69, 9.17) is 16.3 Å². The molecule has 0 aliphatic rings. The number of aryl methyl sites for hydroxylation is 2. The maximum atomic E-state index is 14.4. The molecular formula is C31H44ClN3O4S. The molecule has 0 aliphatic heterocycles. The molecule has 0 fully saturated rings. The predicted molar refractivity (Wildman–Crippen MR) is 166 cm³/mol. The van der Waals surface area contributed by atoms with Crippen LogP contribution in [0.5, 0.6) is 0 Å². The minimum Gasteiger partial charge on any atom is -0.444 e. The zero-order valence-electron chi connectivity index (χ0n) is 25.2. The van der Waals surface area contributed by atoms with Gasteiger partial charge in [-0.3, -0.25) is 9.59 Å². The number of amides is 3. The maximum Gasteiger partial charge on any atom is 0.408 e. The van der Waals surface area contributed by atoms with Gasteiger partial charge in [0.15, 0.2) is 0 Å². The Morgan fingerprint density at radius 2 is 1.68 bits per heavy atom. The fourth-order valence-electron chi connectivity index (χ4n) is 4.39. The Morgan fingerprint density at radius 3 is 2.25 bits per heavy atom. The molecule has 3 amide bonds. The molecule has 40 heavy (non-hydrogen) atoms. The van der Waals surface area contributed by atoms with Crippen molar-refractivity contribution in [3.8, 4) is 0 Å². The van der Waals surface area contributed by atoms with Gasteiger partial charge in [-0.1, -0.05) is 48.9 Å². The van der Waals surface area contributed by atoms with Crippen LogP contribution < -0.4 is 10.6 Å². The van der Waals surface area contributed by atoms with Crippen LogP contribution in [0.1, 0.15) is 75.8 Å². The number of hydrogen-bond acceptors (Lipinski definition) is 5. The Hall–Kier alpha value is -2.71. The highest BCUT2D eigenvalue weighted by atomic mass is 35.5. The lowest BCUT2D eigenvalue weighted by Gasteiger charge is -2.39.